The number of hydrogen-bond acceptors (Lipinski definition) is 2. The minimum Gasteiger partial charge on any atom is -0.478 e. The van der Waals surface area contributed by atoms with E-state index in [0.29, 0.717) is 17.2 Å². The molecule has 2 rings (SSSR count). The Morgan fingerprint density at radius 3 is 2.24 bits per heavy atom. The van der Waals surface area contributed by atoms with E-state index in [1.165, 1.54) is 31.2 Å². The van der Waals surface area contributed by atoms with Gasteiger partial charge in [-0.2, -0.15) is 0 Å². The van der Waals surface area contributed by atoms with E-state index in [-0.39, 0.29) is 0 Å². The van der Waals surface area contributed by atoms with E-state index in [4.69, 9.17) is 16.3 Å². The van der Waals surface area contributed by atoms with Crippen molar-refractivity contribution in [3.63, 3.8) is 0 Å². The Labute approximate surface area is 154 Å². The van der Waals surface area contributed by atoms with E-state index >= 15 is 0 Å². The standard InChI is InChI=1S/C21H25ClO3/c1-2-3-4-5-6-16-7-9-17(10-8-16)15-20(21(23)24)25-19-13-11-18(22)12-14-19/h7-14,20H,2-6,15H2,1H3,(H,23,24). The van der Waals surface area contributed by atoms with Crippen molar-refractivity contribution in [2.45, 2.75) is 51.6 Å². The Morgan fingerprint density at radius 2 is 1.64 bits per heavy atom. The number of hydrogen-bond donors (Lipinski definition) is 1. The van der Waals surface area contributed by atoms with Crippen LogP contribution in [0.2, 0.25) is 5.02 Å². The van der Waals surface area contributed by atoms with Crippen LogP contribution in [0.5, 0.6) is 5.75 Å². The van der Waals surface area contributed by atoms with Crippen molar-refractivity contribution in [3.05, 3.63) is 64.7 Å². The molecular formula is C21H25ClO3. The summed E-state index contributed by atoms with van der Waals surface area (Å²) in [7, 11) is 0. The molecule has 1 unspecified atom stereocenters. The molecule has 0 aliphatic heterocycles. The second-order valence-corrected chi connectivity index (χ2v) is 6.67. The first kappa shape index (κ1) is 19.3. The lowest BCUT2D eigenvalue weighted by atomic mass is 10.0. The Balaban J connectivity index is 1.92. The van der Waals surface area contributed by atoms with Crippen LogP contribution in [-0.4, -0.2) is 17.2 Å². The van der Waals surface area contributed by atoms with Gasteiger partial charge in [-0.25, -0.2) is 4.79 Å². The molecule has 3 nitrogen and oxygen atoms in total. The normalized spacial score (nSPS) is 11.9. The summed E-state index contributed by atoms with van der Waals surface area (Å²) in [5, 5.41) is 10.0. The van der Waals surface area contributed by atoms with Crippen LogP contribution in [0, 0.1) is 0 Å². The van der Waals surface area contributed by atoms with Crippen molar-refractivity contribution < 1.29 is 14.6 Å². The summed E-state index contributed by atoms with van der Waals surface area (Å²) in [6, 6.07) is 14.9. The van der Waals surface area contributed by atoms with Crippen molar-refractivity contribution in [3.8, 4) is 5.75 Å². The summed E-state index contributed by atoms with van der Waals surface area (Å²) in [6.07, 6.45) is 5.46. The van der Waals surface area contributed by atoms with Gasteiger partial charge in [0.2, 0.25) is 0 Å². The fraction of sp³-hybridized carbons (Fsp3) is 0.381. The van der Waals surface area contributed by atoms with Crippen LogP contribution in [0.25, 0.3) is 0 Å². The molecule has 2 aromatic carbocycles. The van der Waals surface area contributed by atoms with Crippen molar-refractivity contribution in [1.29, 1.82) is 0 Å². The molecule has 0 aliphatic carbocycles. The molecule has 25 heavy (non-hydrogen) atoms. The Bertz CT molecular complexity index is 650. The first-order valence-electron chi connectivity index (χ1n) is 8.81. The number of aliphatic carboxylic acids is 1. The summed E-state index contributed by atoms with van der Waals surface area (Å²) >= 11 is 5.84. The summed E-state index contributed by atoms with van der Waals surface area (Å²) < 4.78 is 5.60. The van der Waals surface area contributed by atoms with Crippen LogP contribution in [-0.2, 0) is 17.6 Å². The number of aryl methyl sites for hydroxylation is 1. The Hall–Kier alpha value is -2.00. The third kappa shape index (κ3) is 6.79. The molecule has 0 saturated heterocycles. The molecule has 134 valence electrons. The molecule has 0 saturated carbocycles. The van der Waals surface area contributed by atoms with Gasteiger partial charge in [0.25, 0.3) is 0 Å². The zero-order valence-electron chi connectivity index (χ0n) is 14.6. The van der Waals surface area contributed by atoms with Gasteiger partial charge in [-0.05, 0) is 48.2 Å². The molecule has 0 bridgehead atoms. The van der Waals surface area contributed by atoms with Gasteiger partial charge in [0.15, 0.2) is 6.10 Å². The summed E-state index contributed by atoms with van der Waals surface area (Å²) in [4.78, 5) is 11.5. The summed E-state index contributed by atoms with van der Waals surface area (Å²) in [5.74, 6) is -0.470. The fourth-order valence-electron chi connectivity index (χ4n) is 2.67. The maximum absolute atomic E-state index is 11.5. The van der Waals surface area contributed by atoms with Gasteiger partial charge >= 0.3 is 5.97 Å². The maximum atomic E-state index is 11.5. The molecular weight excluding hydrogens is 336 g/mol. The lowest BCUT2D eigenvalue weighted by Crippen LogP contribution is -2.29. The van der Waals surface area contributed by atoms with Crippen LogP contribution in [0.15, 0.2) is 48.5 Å². The molecule has 2 aromatic rings. The van der Waals surface area contributed by atoms with Crippen LogP contribution >= 0.6 is 11.6 Å². The highest BCUT2D eigenvalue weighted by Crippen LogP contribution is 2.19. The third-order valence-electron chi connectivity index (χ3n) is 4.13. The third-order valence-corrected chi connectivity index (χ3v) is 4.38. The SMILES string of the molecule is CCCCCCc1ccc(CC(Oc2ccc(Cl)cc2)C(=O)O)cc1. The molecule has 1 atom stereocenters. The number of carbonyl (C=O) groups is 1. The van der Waals surface area contributed by atoms with E-state index < -0.39 is 12.1 Å². The predicted molar refractivity (Wildman–Crippen MR) is 101 cm³/mol. The Morgan fingerprint density at radius 1 is 1.00 bits per heavy atom. The molecule has 0 aromatic heterocycles. The fourth-order valence-corrected chi connectivity index (χ4v) is 2.79. The first-order chi connectivity index (χ1) is 12.1. The van der Waals surface area contributed by atoms with Crippen LogP contribution in [0.3, 0.4) is 0 Å². The zero-order valence-corrected chi connectivity index (χ0v) is 15.3. The summed E-state index contributed by atoms with van der Waals surface area (Å²) in [6.45, 7) is 2.21. The molecule has 0 fully saturated rings. The molecule has 0 aliphatic rings. The molecule has 4 heteroatoms. The summed E-state index contributed by atoms with van der Waals surface area (Å²) in [5.41, 5.74) is 2.25. The number of unbranched alkanes of at least 4 members (excludes halogenated alkanes) is 3. The van der Waals surface area contributed by atoms with Gasteiger partial charge in [-0.1, -0.05) is 62.1 Å². The smallest absolute Gasteiger partial charge is 0.345 e. The molecule has 0 radical (unpaired) electrons. The average Bonchev–Trinajstić information content (AvgIpc) is 2.61. The number of carboxylic acids is 1. The number of halogens is 1. The second-order valence-electron chi connectivity index (χ2n) is 6.23. The van der Waals surface area contributed by atoms with E-state index in [2.05, 4.69) is 19.1 Å². The monoisotopic (exact) mass is 360 g/mol. The van der Waals surface area contributed by atoms with Gasteiger partial charge in [0.05, 0.1) is 0 Å². The highest BCUT2D eigenvalue weighted by atomic mass is 35.5. The van der Waals surface area contributed by atoms with Gasteiger partial charge < -0.3 is 9.84 Å². The second kappa shape index (κ2) is 10.1. The molecule has 1 N–H and O–H groups in total. The largest absolute Gasteiger partial charge is 0.478 e. The average molecular weight is 361 g/mol. The molecule has 0 heterocycles. The van der Waals surface area contributed by atoms with E-state index in [0.717, 1.165) is 12.0 Å². The lowest BCUT2D eigenvalue weighted by Gasteiger charge is -2.15. The van der Waals surface area contributed by atoms with Crippen molar-refractivity contribution in [2.75, 3.05) is 0 Å². The number of ether oxygens (including phenoxy) is 1. The van der Waals surface area contributed by atoms with E-state index in [9.17, 15) is 9.90 Å². The van der Waals surface area contributed by atoms with Gasteiger partial charge in [-0.3, -0.25) is 0 Å². The van der Waals surface area contributed by atoms with Crippen molar-refractivity contribution in [2.24, 2.45) is 0 Å². The minimum absolute atomic E-state index is 0.327. The van der Waals surface area contributed by atoms with Crippen LogP contribution < -0.4 is 4.74 Å². The molecule has 0 spiro atoms. The van der Waals surface area contributed by atoms with Crippen LogP contribution in [0.4, 0.5) is 0 Å². The van der Waals surface area contributed by atoms with Crippen molar-refractivity contribution in [1.82, 2.24) is 0 Å². The lowest BCUT2D eigenvalue weighted by molar-refractivity contribution is -0.145. The van der Waals surface area contributed by atoms with Gasteiger partial charge in [0.1, 0.15) is 5.75 Å². The first-order valence-corrected chi connectivity index (χ1v) is 9.19. The van der Waals surface area contributed by atoms with Crippen LogP contribution in [0.1, 0.15) is 43.7 Å². The Kier molecular flexibility index (Phi) is 7.80. The number of benzene rings is 2. The quantitative estimate of drug-likeness (QED) is 0.566. The van der Waals surface area contributed by atoms with Crippen molar-refractivity contribution >= 4 is 17.6 Å². The van der Waals surface area contributed by atoms with Gasteiger partial charge in [-0.15, -0.1) is 0 Å². The van der Waals surface area contributed by atoms with Gasteiger partial charge in [0, 0.05) is 11.4 Å². The van der Waals surface area contributed by atoms with E-state index in [1.807, 2.05) is 12.1 Å². The van der Waals surface area contributed by atoms with E-state index in [1.54, 1.807) is 24.3 Å². The number of carboxylic acid groups (broad SMARTS) is 1. The number of rotatable bonds is 10. The highest BCUT2D eigenvalue weighted by Gasteiger charge is 2.20. The maximum Gasteiger partial charge on any atom is 0.345 e. The topological polar surface area (TPSA) is 46.5 Å². The predicted octanol–water partition coefficient (Wildman–Crippen LogP) is 5.54. The minimum atomic E-state index is -0.974. The zero-order chi connectivity index (χ0) is 18.1. The highest BCUT2D eigenvalue weighted by molar-refractivity contribution is 6.30. The molecule has 0 amide bonds.